The third-order valence-electron chi connectivity index (χ3n) is 5.10. The first-order valence-corrected chi connectivity index (χ1v) is 8.96. The zero-order chi connectivity index (χ0) is 18.6. The van der Waals surface area contributed by atoms with Crippen LogP contribution in [-0.2, 0) is 5.60 Å². The van der Waals surface area contributed by atoms with Crippen molar-refractivity contribution in [3.05, 3.63) is 71.3 Å². The van der Waals surface area contributed by atoms with E-state index in [-0.39, 0.29) is 17.8 Å². The van der Waals surface area contributed by atoms with Crippen molar-refractivity contribution in [1.82, 2.24) is 4.90 Å². The Morgan fingerprint density at radius 1 is 1.08 bits per heavy atom. The number of nitrogens with zero attached hydrogens (tertiary/aromatic N) is 1. The highest BCUT2D eigenvalue weighted by Crippen LogP contribution is 2.32. The van der Waals surface area contributed by atoms with Crippen molar-refractivity contribution in [2.45, 2.75) is 31.3 Å². The molecule has 3 rings (SSSR count). The van der Waals surface area contributed by atoms with Gasteiger partial charge >= 0.3 is 0 Å². The van der Waals surface area contributed by atoms with E-state index < -0.39 is 17.2 Å². The molecule has 3 nitrogen and oxygen atoms in total. The summed E-state index contributed by atoms with van der Waals surface area (Å²) in [5.41, 5.74) is 0.107. The molecule has 0 aromatic heterocycles. The molecule has 0 radical (unpaired) electrons. The molecule has 0 unspecified atom stereocenters. The number of Topliss-reactive ketones (excluding diaryl/α,β-unsaturated/α-hetero) is 1. The van der Waals surface area contributed by atoms with E-state index >= 15 is 0 Å². The van der Waals surface area contributed by atoms with E-state index in [1.54, 1.807) is 0 Å². The average Bonchev–Trinajstić information content (AvgIpc) is 2.64. The van der Waals surface area contributed by atoms with E-state index in [1.807, 2.05) is 30.3 Å². The number of ketones is 1. The summed E-state index contributed by atoms with van der Waals surface area (Å²) in [5, 5.41) is 10.8. The van der Waals surface area contributed by atoms with Gasteiger partial charge in [0, 0.05) is 25.6 Å². The molecule has 1 heterocycles. The van der Waals surface area contributed by atoms with Gasteiger partial charge in [0.05, 0.1) is 11.2 Å². The normalized spacial score (nSPS) is 17.2. The second-order valence-electron chi connectivity index (χ2n) is 6.89. The zero-order valence-electron chi connectivity index (χ0n) is 14.6. The molecular weight excluding hydrogens is 336 g/mol. The quantitative estimate of drug-likeness (QED) is 0.795. The smallest absolute Gasteiger partial charge is 0.165 e. The van der Waals surface area contributed by atoms with Crippen LogP contribution >= 0.6 is 0 Å². The van der Waals surface area contributed by atoms with Crippen LogP contribution in [0.5, 0.6) is 0 Å². The third-order valence-corrected chi connectivity index (χ3v) is 5.10. The Balaban J connectivity index is 1.46. The van der Waals surface area contributed by atoms with E-state index in [1.165, 1.54) is 6.07 Å². The molecule has 0 amide bonds. The number of rotatable bonds is 6. The number of aliphatic hydroxyl groups is 1. The summed E-state index contributed by atoms with van der Waals surface area (Å²) in [6.45, 7) is 2.23. The Morgan fingerprint density at radius 3 is 2.42 bits per heavy atom. The maximum atomic E-state index is 13.6. The molecule has 2 aromatic carbocycles. The highest BCUT2D eigenvalue weighted by molar-refractivity contribution is 5.96. The average molecular weight is 359 g/mol. The van der Waals surface area contributed by atoms with Crippen molar-refractivity contribution >= 4 is 5.78 Å². The SMILES string of the molecule is O=C(CCCN1CCC(O)(c2ccccc2)CC1)c1ccc(F)cc1F. The number of hydrogen-bond donors (Lipinski definition) is 1. The van der Waals surface area contributed by atoms with E-state index in [0.29, 0.717) is 19.3 Å². The molecular formula is C21H23F2NO2. The molecule has 0 spiro atoms. The molecule has 1 saturated heterocycles. The predicted octanol–water partition coefficient (Wildman–Crippen LogP) is 3.91. The molecule has 1 aliphatic heterocycles. The van der Waals surface area contributed by atoms with Gasteiger partial charge in [0.2, 0.25) is 0 Å². The summed E-state index contributed by atoms with van der Waals surface area (Å²) in [4.78, 5) is 14.3. The molecule has 138 valence electrons. The van der Waals surface area contributed by atoms with Crippen molar-refractivity contribution in [2.24, 2.45) is 0 Å². The van der Waals surface area contributed by atoms with Crippen LogP contribution in [0.25, 0.3) is 0 Å². The van der Waals surface area contributed by atoms with Gasteiger partial charge in [-0.3, -0.25) is 4.79 Å². The zero-order valence-corrected chi connectivity index (χ0v) is 14.6. The predicted molar refractivity (Wildman–Crippen MR) is 95.9 cm³/mol. The van der Waals surface area contributed by atoms with Crippen LogP contribution in [0.1, 0.15) is 41.6 Å². The number of piperidine rings is 1. The minimum absolute atomic E-state index is 0.0523. The van der Waals surface area contributed by atoms with Gasteiger partial charge in [-0.15, -0.1) is 0 Å². The fraction of sp³-hybridized carbons (Fsp3) is 0.381. The number of carbonyl (C=O) groups is 1. The molecule has 1 aliphatic rings. The molecule has 1 fully saturated rings. The van der Waals surface area contributed by atoms with Gasteiger partial charge in [0.15, 0.2) is 5.78 Å². The fourth-order valence-electron chi connectivity index (χ4n) is 3.50. The summed E-state index contributed by atoms with van der Waals surface area (Å²) < 4.78 is 26.5. The van der Waals surface area contributed by atoms with Crippen molar-refractivity contribution in [3.63, 3.8) is 0 Å². The molecule has 0 saturated carbocycles. The molecule has 26 heavy (non-hydrogen) atoms. The van der Waals surface area contributed by atoms with Gasteiger partial charge in [-0.2, -0.15) is 0 Å². The fourth-order valence-corrected chi connectivity index (χ4v) is 3.50. The van der Waals surface area contributed by atoms with E-state index in [0.717, 1.165) is 37.3 Å². The first-order valence-electron chi connectivity index (χ1n) is 8.96. The Kier molecular flexibility index (Phi) is 5.79. The number of halogens is 2. The summed E-state index contributed by atoms with van der Waals surface area (Å²) in [7, 11) is 0. The van der Waals surface area contributed by atoms with Gasteiger partial charge in [0.1, 0.15) is 11.6 Å². The van der Waals surface area contributed by atoms with Crippen LogP contribution in [0.4, 0.5) is 8.78 Å². The minimum Gasteiger partial charge on any atom is -0.385 e. The largest absolute Gasteiger partial charge is 0.385 e. The topological polar surface area (TPSA) is 40.5 Å². The minimum atomic E-state index is -0.805. The van der Waals surface area contributed by atoms with Crippen LogP contribution < -0.4 is 0 Å². The first kappa shape index (κ1) is 18.7. The molecule has 5 heteroatoms. The summed E-state index contributed by atoms with van der Waals surface area (Å²) >= 11 is 0. The van der Waals surface area contributed by atoms with Gasteiger partial charge in [-0.1, -0.05) is 30.3 Å². The van der Waals surface area contributed by atoms with Gasteiger partial charge < -0.3 is 10.0 Å². The highest BCUT2D eigenvalue weighted by atomic mass is 19.1. The molecule has 1 N–H and O–H groups in total. The van der Waals surface area contributed by atoms with Crippen LogP contribution in [0.15, 0.2) is 48.5 Å². The van der Waals surface area contributed by atoms with Gasteiger partial charge in [-0.25, -0.2) is 8.78 Å². The lowest BCUT2D eigenvalue weighted by Gasteiger charge is -2.38. The van der Waals surface area contributed by atoms with Crippen LogP contribution in [0.3, 0.4) is 0 Å². The van der Waals surface area contributed by atoms with Crippen molar-refractivity contribution in [1.29, 1.82) is 0 Å². The Morgan fingerprint density at radius 2 is 1.77 bits per heavy atom. The van der Waals surface area contributed by atoms with Gasteiger partial charge in [0.25, 0.3) is 0 Å². The van der Waals surface area contributed by atoms with Crippen molar-refractivity contribution < 1.29 is 18.7 Å². The monoisotopic (exact) mass is 359 g/mol. The molecule has 0 atom stereocenters. The summed E-state index contributed by atoms with van der Waals surface area (Å²) in [5.74, 6) is -1.79. The number of carbonyl (C=O) groups excluding carboxylic acids is 1. The van der Waals surface area contributed by atoms with Crippen LogP contribution in [-0.4, -0.2) is 35.4 Å². The molecule has 2 aromatic rings. The molecule has 0 aliphatic carbocycles. The van der Waals surface area contributed by atoms with E-state index in [4.69, 9.17) is 0 Å². The Hall–Kier alpha value is -2.11. The lowest BCUT2D eigenvalue weighted by atomic mass is 9.84. The summed E-state index contributed by atoms with van der Waals surface area (Å²) in [6, 6.07) is 12.7. The Bertz CT molecular complexity index is 756. The lowest BCUT2D eigenvalue weighted by Crippen LogP contribution is -2.42. The highest BCUT2D eigenvalue weighted by Gasteiger charge is 2.33. The summed E-state index contributed by atoms with van der Waals surface area (Å²) in [6.07, 6.45) is 2.14. The number of hydrogen-bond acceptors (Lipinski definition) is 3. The second kappa shape index (κ2) is 8.06. The van der Waals surface area contributed by atoms with E-state index in [9.17, 15) is 18.7 Å². The maximum Gasteiger partial charge on any atom is 0.165 e. The Labute approximate surface area is 152 Å². The van der Waals surface area contributed by atoms with Crippen molar-refractivity contribution in [2.75, 3.05) is 19.6 Å². The van der Waals surface area contributed by atoms with Crippen LogP contribution in [0.2, 0.25) is 0 Å². The van der Waals surface area contributed by atoms with Crippen molar-refractivity contribution in [3.8, 4) is 0 Å². The number of benzene rings is 2. The van der Waals surface area contributed by atoms with Crippen LogP contribution in [0, 0.1) is 11.6 Å². The molecule has 0 bridgehead atoms. The number of likely N-dealkylation sites (tertiary alicyclic amines) is 1. The standard InChI is InChI=1S/C21H23F2NO2/c22-17-8-9-18(19(23)15-17)20(25)7-4-12-24-13-10-21(26,11-14-24)16-5-2-1-3-6-16/h1-3,5-6,8-9,15,26H,4,7,10-14H2. The van der Waals surface area contributed by atoms with E-state index in [2.05, 4.69) is 4.90 Å². The van der Waals surface area contributed by atoms with Gasteiger partial charge in [-0.05, 0) is 43.5 Å². The first-order chi connectivity index (χ1) is 12.5. The second-order valence-corrected chi connectivity index (χ2v) is 6.89. The lowest BCUT2D eigenvalue weighted by molar-refractivity contribution is -0.0260. The third kappa shape index (κ3) is 4.34. The maximum absolute atomic E-state index is 13.6.